The van der Waals surface area contributed by atoms with E-state index in [2.05, 4.69) is 4.99 Å². The Morgan fingerprint density at radius 1 is 1.40 bits per heavy atom. The van der Waals surface area contributed by atoms with Crippen molar-refractivity contribution in [1.29, 1.82) is 5.26 Å². The molecule has 1 heterocycles. The Kier molecular flexibility index (Phi) is 5.89. The number of nitriles is 1. The number of nitrogens with zero attached hydrogens (tertiary/aromatic N) is 3. The molecular weight excluding hydrogens is 361 g/mol. The molecule has 1 aromatic carbocycles. The van der Waals surface area contributed by atoms with E-state index in [-0.39, 0.29) is 17.4 Å². The van der Waals surface area contributed by atoms with E-state index in [0.29, 0.717) is 33.4 Å². The van der Waals surface area contributed by atoms with E-state index in [9.17, 15) is 15.2 Å². The zero-order chi connectivity index (χ0) is 18.7. The molecule has 0 saturated heterocycles. The standard InChI is InChI=1S/C18H17Cl2N3O2/c1-10(2)9-23-17(24)13(7-21)11(3)14(18(23)25)8-22-16-6-12(19)4-5-15(16)20/h4-6,8,10,25H,9H2,1-3H3. The SMILES string of the molecule is Cc1c(C=Nc2cc(Cl)ccc2Cl)c(O)n(CC(C)C)c(=O)c1C#N. The lowest BCUT2D eigenvalue weighted by Crippen LogP contribution is -2.27. The number of benzene rings is 1. The minimum absolute atomic E-state index is 0.0166. The summed E-state index contributed by atoms with van der Waals surface area (Å²) >= 11 is 12.0. The Balaban J connectivity index is 2.65. The molecule has 0 bridgehead atoms. The van der Waals surface area contributed by atoms with Gasteiger partial charge in [-0.05, 0) is 36.6 Å². The fraction of sp³-hybridized carbons (Fsp3) is 0.278. The summed E-state index contributed by atoms with van der Waals surface area (Å²) in [6.45, 7) is 5.72. The van der Waals surface area contributed by atoms with E-state index >= 15 is 0 Å². The maximum atomic E-state index is 12.4. The van der Waals surface area contributed by atoms with Gasteiger partial charge in [0.15, 0.2) is 0 Å². The summed E-state index contributed by atoms with van der Waals surface area (Å²) < 4.78 is 1.19. The summed E-state index contributed by atoms with van der Waals surface area (Å²) in [7, 11) is 0. The molecule has 2 rings (SSSR count). The van der Waals surface area contributed by atoms with Crippen molar-refractivity contribution >= 4 is 35.1 Å². The van der Waals surface area contributed by atoms with Crippen molar-refractivity contribution in [2.24, 2.45) is 10.9 Å². The van der Waals surface area contributed by atoms with Gasteiger partial charge in [-0.2, -0.15) is 5.26 Å². The van der Waals surface area contributed by atoms with Crippen molar-refractivity contribution in [2.75, 3.05) is 0 Å². The monoisotopic (exact) mass is 377 g/mol. The average Bonchev–Trinajstić information content (AvgIpc) is 2.54. The van der Waals surface area contributed by atoms with Crippen molar-refractivity contribution in [1.82, 2.24) is 4.57 Å². The van der Waals surface area contributed by atoms with Crippen LogP contribution in [0.25, 0.3) is 0 Å². The number of hydrogen-bond acceptors (Lipinski definition) is 4. The average molecular weight is 378 g/mol. The second-order valence-corrected chi connectivity index (χ2v) is 6.86. The first kappa shape index (κ1) is 19.0. The van der Waals surface area contributed by atoms with Crippen molar-refractivity contribution in [2.45, 2.75) is 27.3 Å². The number of aromatic hydroxyl groups is 1. The van der Waals surface area contributed by atoms with E-state index < -0.39 is 5.56 Å². The van der Waals surface area contributed by atoms with Crippen LogP contribution >= 0.6 is 23.2 Å². The zero-order valence-corrected chi connectivity index (χ0v) is 15.6. The number of rotatable bonds is 4. The van der Waals surface area contributed by atoms with Crippen LogP contribution in [-0.4, -0.2) is 15.9 Å². The molecule has 5 nitrogen and oxygen atoms in total. The highest BCUT2D eigenvalue weighted by atomic mass is 35.5. The zero-order valence-electron chi connectivity index (χ0n) is 14.0. The van der Waals surface area contributed by atoms with Gasteiger partial charge in [-0.15, -0.1) is 0 Å². The second kappa shape index (κ2) is 7.73. The number of halogens is 2. The molecule has 0 aliphatic heterocycles. The molecule has 0 fully saturated rings. The van der Waals surface area contributed by atoms with Gasteiger partial charge >= 0.3 is 0 Å². The van der Waals surface area contributed by atoms with E-state index in [1.54, 1.807) is 25.1 Å². The third kappa shape index (κ3) is 4.04. The molecule has 0 aliphatic rings. The maximum absolute atomic E-state index is 12.4. The van der Waals surface area contributed by atoms with Crippen LogP contribution in [0.4, 0.5) is 5.69 Å². The van der Waals surface area contributed by atoms with E-state index in [0.717, 1.165) is 0 Å². The van der Waals surface area contributed by atoms with Crippen LogP contribution in [0.15, 0.2) is 28.0 Å². The van der Waals surface area contributed by atoms with Crippen LogP contribution in [0.2, 0.25) is 10.0 Å². The smallest absolute Gasteiger partial charge is 0.271 e. The Labute approximate surface area is 155 Å². The number of pyridine rings is 1. The number of aromatic nitrogens is 1. The molecule has 0 amide bonds. The quantitative estimate of drug-likeness (QED) is 0.799. The summed E-state index contributed by atoms with van der Waals surface area (Å²) in [5.74, 6) is -0.109. The van der Waals surface area contributed by atoms with Crippen LogP contribution in [0.3, 0.4) is 0 Å². The lowest BCUT2D eigenvalue weighted by Gasteiger charge is -2.15. The van der Waals surface area contributed by atoms with E-state index in [4.69, 9.17) is 23.2 Å². The van der Waals surface area contributed by atoms with Crippen LogP contribution in [-0.2, 0) is 6.54 Å². The first-order valence-electron chi connectivity index (χ1n) is 7.61. The minimum atomic E-state index is -0.510. The summed E-state index contributed by atoms with van der Waals surface area (Å²) in [5.41, 5.74) is 0.564. The van der Waals surface area contributed by atoms with Crippen molar-refractivity contribution < 1.29 is 5.11 Å². The van der Waals surface area contributed by atoms with E-state index in [1.165, 1.54) is 10.8 Å². The molecule has 0 atom stereocenters. The van der Waals surface area contributed by atoms with Crippen molar-refractivity contribution in [3.63, 3.8) is 0 Å². The first-order chi connectivity index (χ1) is 11.8. The molecule has 1 N–H and O–H groups in total. The van der Waals surface area contributed by atoms with Crippen molar-refractivity contribution in [3.8, 4) is 11.9 Å². The normalized spacial score (nSPS) is 11.2. The topological polar surface area (TPSA) is 78.4 Å². The highest BCUT2D eigenvalue weighted by Crippen LogP contribution is 2.29. The van der Waals surface area contributed by atoms with Crippen LogP contribution in [0, 0.1) is 24.2 Å². The molecule has 7 heteroatoms. The summed E-state index contributed by atoms with van der Waals surface area (Å²) in [6, 6.07) is 6.75. The predicted molar refractivity (Wildman–Crippen MR) is 100 cm³/mol. The van der Waals surface area contributed by atoms with Crippen LogP contribution < -0.4 is 5.56 Å². The molecule has 0 spiro atoms. The molecule has 2 aromatic rings. The highest BCUT2D eigenvalue weighted by Gasteiger charge is 2.18. The third-order valence-electron chi connectivity index (χ3n) is 3.64. The molecule has 130 valence electrons. The summed E-state index contributed by atoms with van der Waals surface area (Å²) in [6.07, 6.45) is 1.39. The summed E-state index contributed by atoms with van der Waals surface area (Å²) in [5, 5.41) is 20.7. The lowest BCUT2D eigenvalue weighted by molar-refractivity contribution is 0.381. The Morgan fingerprint density at radius 2 is 2.08 bits per heavy atom. The predicted octanol–water partition coefficient (Wildman–Crippen LogP) is 4.45. The first-order valence-corrected chi connectivity index (χ1v) is 8.37. The van der Waals surface area contributed by atoms with Crippen LogP contribution in [0.5, 0.6) is 5.88 Å². The van der Waals surface area contributed by atoms with Gasteiger partial charge in [0.25, 0.3) is 5.56 Å². The van der Waals surface area contributed by atoms with E-state index in [1.807, 2.05) is 19.9 Å². The molecule has 0 unspecified atom stereocenters. The largest absolute Gasteiger partial charge is 0.494 e. The van der Waals surface area contributed by atoms with Gasteiger partial charge in [-0.3, -0.25) is 14.4 Å². The van der Waals surface area contributed by atoms with Gasteiger partial charge in [0.1, 0.15) is 11.6 Å². The number of hydrogen-bond donors (Lipinski definition) is 1. The Bertz CT molecular complexity index is 941. The molecule has 0 radical (unpaired) electrons. The number of aliphatic imine (C=N–C) groups is 1. The van der Waals surface area contributed by atoms with Gasteiger partial charge < -0.3 is 5.11 Å². The maximum Gasteiger partial charge on any atom is 0.271 e. The molecule has 1 aromatic heterocycles. The summed E-state index contributed by atoms with van der Waals surface area (Å²) in [4.78, 5) is 16.7. The Morgan fingerprint density at radius 3 is 2.68 bits per heavy atom. The van der Waals surface area contributed by atoms with Gasteiger partial charge in [0.05, 0.1) is 16.3 Å². The molecule has 0 saturated carbocycles. The lowest BCUT2D eigenvalue weighted by atomic mass is 10.1. The van der Waals surface area contributed by atoms with Crippen LogP contribution in [0.1, 0.15) is 30.5 Å². The fourth-order valence-corrected chi connectivity index (χ4v) is 2.71. The van der Waals surface area contributed by atoms with Gasteiger partial charge in [0.2, 0.25) is 5.88 Å². The van der Waals surface area contributed by atoms with Gasteiger partial charge in [-0.1, -0.05) is 37.0 Å². The second-order valence-electron chi connectivity index (χ2n) is 6.01. The van der Waals surface area contributed by atoms with Crippen molar-refractivity contribution in [3.05, 3.63) is 55.3 Å². The highest BCUT2D eigenvalue weighted by molar-refractivity contribution is 6.35. The minimum Gasteiger partial charge on any atom is -0.494 e. The third-order valence-corrected chi connectivity index (χ3v) is 4.19. The van der Waals surface area contributed by atoms with Gasteiger partial charge in [0, 0.05) is 17.8 Å². The molecular formula is C18H17Cl2N3O2. The Hall–Kier alpha value is -2.29. The molecule has 25 heavy (non-hydrogen) atoms. The molecule has 0 aliphatic carbocycles. The fourth-order valence-electron chi connectivity index (χ4n) is 2.38. The van der Waals surface area contributed by atoms with Gasteiger partial charge in [-0.25, -0.2) is 0 Å².